The molecule has 2 atom stereocenters. The Morgan fingerprint density at radius 3 is 2.90 bits per heavy atom. The summed E-state index contributed by atoms with van der Waals surface area (Å²) in [6.45, 7) is 3.64. The van der Waals surface area contributed by atoms with Gasteiger partial charge in [0.1, 0.15) is 13.2 Å². The third-order valence-electron chi connectivity index (χ3n) is 3.74. The van der Waals surface area contributed by atoms with Crippen molar-refractivity contribution in [3.05, 3.63) is 22.7 Å². The Kier molecular flexibility index (Phi) is 4.22. The molecule has 1 amide bonds. The zero-order valence-electron chi connectivity index (χ0n) is 11.9. The number of amides is 1. The van der Waals surface area contributed by atoms with E-state index >= 15 is 0 Å². The lowest BCUT2D eigenvalue weighted by atomic mass is 10.1. The molecule has 2 aliphatic rings. The zero-order chi connectivity index (χ0) is 14.8. The van der Waals surface area contributed by atoms with Crippen LogP contribution in [0.2, 0.25) is 5.02 Å². The first-order valence-electron chi connectivity index (χ1n) is 7.17. The SMILES string of the molecule is C[C@H](NC(=O)c1cc(Cl)c2c(c1)OCCO2)[C@H]1CCCO1. The fraction of sp³-hybridized carbons (Fsp3) is 0.533. The lowest BCUT2D eigenvalue weighted by Crippen LogP contribution is -2.40. The van der Waals surface area contributed by atoms with Crippen LogP contribution in [0.4, 0.5) is 0 Å². The van der Waals surface area contributed by atoms with Crippen LogP contribution in [0.25, 0.3) is 0 Å². The smallest absolute Gasteiger partial charge is 0.251 e. The molecule has 0 bridgehead atoms. The molecule has 1 aromatic rings. The zero-order valence-corrected chi connectivity index (χ0v) is 12.6. The van der Waals surface area contributed by atoms with E-state index in [9.17, 15) is 4.79 Å². The molecular weight excluding hydrogens is 294 g/mol. The van der Waals surface area contributed by atoms with E-state index in [1.807, 2.05) is 6.92 Å². The molecule has 1 aromatic carbocycles. The van der Waals surface area contributed by atoms with E-state index < -0.39 is 0 Å². The first-order chi connectivity index (χ1) is 10.1. The van der Waals surface area contributed by atoms with Crippen molar-refractivity contribution in [3.63, 3.8) is 0 Å². The molecule has 3 rings (SSSR count). The van der Waals surface area contributed by atoms with E-state index in [0.717, 1.165) is 19.4 Å². The molecule has 0 radical (unpaired) electrons. The number of hydrogen-bond donors (Lipinski definition) is 1. The summed E-state index contributed by atoms with van der Waals surface area (Å²) in [5.74, 6) is 0.840. The summed E-state index contributed by atoms with van der Waals surface area (Å²) in [7, 11) is 0. The molecule has 21 heavy (non-hydrogen) atoms. The topological polar surface area (TPSA) is 56.8 Å². The van der Waals surface area contributed by atoms with Gasteiger partial charge >= 0.3 is 0 Å². The average molecular weight is 312 g/mol. The van der Waals surface area contributed by atoms with Gasteiger partial charge in [0, 0.05) is 12.2 Å². The van der Waals surface area contributed by atoms with Crippen LogP contribution in [0.3, 0.4) is 0 Å². The van der Waals surface area contributed by atoms with Gasteiger partial charge < -0.3 is 19.5 Å². The van der Waals surface area contributed by atoms with Crippen molar-refractivity contribution in [2.45, 2.75) is 31.9 Å². The van der Waals surface area contributed by atoms with Gasteiger partial charge in [-0.1, -0.05) is 11.6 Å². The summed E-state index contributed by atoms with van der Waals surface area (Å²) in [6, 6.07) is 3.23. The lowest BCUT2D eigenvalue weighted by molar-refractivity contribution is 0.0712. The number of carbonyl (C=O) groups is 1. The first-order valence-corrected chi connectivity index (χ1v) is 7.54. The molecule has 1 N–H and O–H groups in total. The maximum atomic E-state index is 12.3. The number of nitrogens with one attached hydrogen (secondary N) is 1. The first kappa shape index (κ1) is 14.5. The number of ether oxygens (including phenoxy) is 3. The van der Waals surface area contributed by atoms with Crippen molar-refractivity contribution in [1.29, 1.82) is 0 Å². The Bertz CT molecular complexity index is 543. The molecule has 114 valence electrons. The van der Waals surface area contributed by atoms with Crippen molar-refractivity contribution in [3.8, 4) is 11.5 Å². The number of carbonyl (C=O) groups excluding carboxylic acids is 1. The lowest BCUT2D eigenvalue weighted by Gasteiger charge is -2.22. The van der Waals surface area contributed by atoms with Gasteiger partial charge in [-0.25, -0.2) is 0 Å². The van der Waals surface area contributed by atoms with Gasteiger partial charge in [0.05, 0.1) is 17.2 Å². The van der Waals surface area contributed by atoms with E-state index in [-0.39, 0.29) is 18.1 Å². The van der Waals surface area contributed by atoms with Crippen LogP contribution in [0.1, 0.15) is 30.1 Å². The van der Waals surface area contributed by atoms with Crippen LogP contribution in [0.15, 0.2) is 12.1 Å². The van der Waals surface area contributed by atoms with Crippen molar-refractivity contribution in [2.75, 3.05) is 19.8 Å². The molecule has 0 aromatic heterocycles. The second-order valence-corrected chi connectivity index (χ2v) is 5.70. The van der Waals surface area contributed by atoms with Crippen molar-refractivity contribution >= 4 is 17.5 Å². The third kappa shape index (κ3) is 3.09. The quantitative estimate of drug-likeness (QED) is 0.931. The molecule has 6 heteroatoms. The maximum absolute atomic E-state index is 12.3. The minimum atomic E-state index is -0.183. The number of hydrogen-bond acceptors (Lipinski definition) is 4. The van der Waals surface area contributed by atoms with Gasteiger partial charge in [-0.05, 0) is 31.9 Å². The highest BCUT2D eigenvalue weighted by Crippen LogP contribution is 2.38. The highest BCUT2D eigenvalue weighted by molar-refractivity contribution is 6.32. The second kappa shape index (κ2) is 6.12. The fourth-order valence-corrected chi connectivity index (χ4v) is 2.89. The Labute approximate surface area is 128 Å². The largest absolute Gasteiger partial charge is 0.486 e. The molecule has 0 saturated carbocycles. The average Bonchev–Trinajstić information content (AvgIpc) is 3.01. The van der Waals surface area contributed by atoms with Crippen LogP contribution in [0.5, 0.6) is 11.5 Å². The minimum absolute atomic E-state index is 0.0352. The normalized spacial score (nSPS) is 21.9. The molecule has 1 saturated heterocycles. The molecule has 2 aliphatic heterocycles. The highest BCUT2D eigenvalue weighted by Gasteiger charge is 2.25. The second-order valence-electron chi connectivity index (χ2n) is 5.30. The van der Waals surface area contributed by atoms with Gasteiger partial charge in [-0.3, -0.25) is 4.79 Å². The van der Waals surface area contributed by atoms with E-state index in [0.29, 0.717) is 35.3 Å². The number of rotatable bonds is 3. The summed E-state index contributed by atoms with van der Waals surface area (Å²) in [5, 5.41) is 3.34. The van der Waals surface area contributed by atoms with Gasteiger partial charge in [-0.15, -0.1) is 0 Å². The monoisotopic (exact) mass is 311 g/mol. The summed E-state index contributed by atoms with van der Waals surface area (Å²) in [5.41, 5.74) is 0.467. The Hall–Kier alpha value is -1.46. The third-order valence-corrected chi connectivity index (χ3v) is 4.02. The summed E-state index contributed by atoms with van der Waals surface area (Å²) < 4.78 is 16.5. The Morgan fingerprint density at radius 2 is 2.14 bits per heavy atom. The molecular formula is C15H18ClNO4. The van der Waals surface area contributed by atoms with Crippen LogP contribution >= 0.6 is 11.6 Å². The van der Waals surface area contributed by atoms with E-state index in [2.05, 4.69) is 5.32 Å². The fourth-order valence-electron chi connectivity index (χ4n) is 2.62. The molecule has 0 unspecified atom stereocenters. The van der Waals surface area contributed by atoms with E-state index in [1.165, 1.54) is 0 Å². The van der Waals surface area contributed by atoms with Gasteiger partial charge in [0.2, 0.25) is 0 Å². The number of halogens is 1. The number of fused-ring (bicyclic) bond motifs is 1. The van der Waals surface area contributed by atoms with Gasteiger partial charge in [0.25, 0.3) is 5.91 Å². The predicted molar refractivity (Wildman–Crippen MR) is 78.3 cm³/mol. The minimum Gasteiger partial charge on any atom is -0.486 e. The van der Waals surface area contributed by atoms with E-state index in [4.69, 9.17) is 25.8 Å². The molecule has 5 nitrogen and oxygen atoms in total. The molecule has 0 aliphatic carbocycles. The summed E-state index contributed by atoms with van der Waals surface area (Å²) >= 11 is 6.15. The van der Waals surface area contributed by atoms with Crippen molar-refractivity contribution < 1.29 is 19.0 Å². The molecule has 0 spiro atoms. The van der Waals surface area contributed by atoms with Crippen LogP contribution < -0.4 is 14.8 Å². The molecule has 1 fully saturated rings. The van der Waals surface area contributed by atoms with Crippen LogP contribution in [0, 0.1) is 0 Å². The predicted octanol–water partition coefficient (Wildman–Crippen LogP) is 2.41. The van der Waals surface area contributed by atoms with Crippen LogP contribution in [-0.2, 0) is 4.74 Å². The summed E-state index contributed by atoms with van der Waals surface area (Å²) in [6.07, 6.45) is 2.10. The van der Waals surface area contributed by atoms with Crippen molar-refractivity contribution in [2.24, 2.45) is 0 Å². The standard InChI is InChI=1S/C15H18ClNO4/c1-9(12-3-2-4-19-12)17-15(18)10-7-11(16)14-13(8-10)20-5-6-21-14/h7-9,12H,2-6H2,1H3,(H,17,18)/t9-,12+/m0/s1. The maximum Gasteiger partial charge on any atom is 0.251 e. The molecule has 2 heterocycles. The van der Waals surface area contributed by atoms with Gasteiger partial charge in [-0.2, -0.15) is 0 Å². The van der Waals surface area contributed by atoms with Crippen LogP contribution in [-0.4, -0.2) is 37.9 Å². The van der Waals surface area contributed by atoms with Crippen molar-refractivity contribution in [1.82, 2.24) is 5.32 Å². The Morgan fingerprint density at radius 1 is 1.33 bits per heavy atom. The van der Waals surface area contributed by atoms with E-state index in [1.54, 1.807) is 12.1 Å². The number of benzene rings is 1. The summed E-state index contributed by atoms with van der Waals surface area (Å²) in [4.78, 5) is 12.3. The van der Waals surface area contributed by atoms with Gasteiger partial charge in [0.15, 0.2) is 11.5 Å². The Balaban J connectivity index is 1.73. The highest BCUT2D eigenvalue weighted by atomic mass is 35.5.